The van der Waals surface area contributed by atoms with Crippen molar-refractivity contribution in [2.24, 2.45) is 0 Å². The van der Waals surface area contributed by atoms with Crippen molar-refractivity contribution in [2.75, 3.05) is 13.2 Å². The predicted molar refractivity (Wildman–Crippen MR) is 28.4 cm³/mol. The Morgan fingerprint density at radius 3 is 3.00 bits per heavy atom. The molecular weight excluding hydrogens is 106 g/mol. The molecule has 1 fully saturated rings. The van der Waals surface area contributed by atoms with Gasteiger partial charge in [-0.15, -0.1) is 0 Å². The standard InChI is InChI=1S/C5H9NO2/c1-4(7)6-2-5-3-8-5/h5H,2-3H2,1H3,(H,6,7)/t5-/m0/s1. The van der Waals surface area contributed by atoms with Gasteiger partial charge < -0.3 is 10.1 Å². The predicted octanol–water partition coefficient (Wildman–Crippen LogP) is -0.479. The Balaban J connectivity index is 1.95. The molecule has 46 valence electrons. The van der Waals surface area contributed by atoms with E-state index in [1.54, 1.807) is 0 Å². The third-order valence-corrected chi connectivity index (χ3v) is 0.981. The number of carbonyl (C=O) groups excluding carboxylic acids is 1. The summed E-state index contributed by atoms with van der Waals surface area (Å²) in [7, 11) is 0. The topological polar surface area (TPSA) is 41.6 Å². The quantitative estimate of drug-likeness (QED) is 0.494. The van der Waals surface area contributed by atoms with Gasteiger partial charge in [-0.25, -0.2) is 0 Å². The highest BCUT2D eigenvalue weighted by molar-refractivity contribution is 5.72. The summed E-state index contributed by atoms with van der Waals surface area (Å²) in [4.78, 5) is 10.2. The maximum absolute atomic E-state index is 10.2. The molecule has 0 aromatic carbocycles. The summed E-state index contributed by atoms with van der Waals surface area (Å²) in [5, 5.41) is 2.64. The zero-order valence-electron chi connectivity index (χ0n) is 4.81. The molecule has 1 aliphatic heterocycles. The molecule has 0 radical (unpaired) electrons. The second kappa shape index (κ2) is 2.13. The zero-order chi connectivity index (χ0) is 5.98. The van der Waals surface area contributed by atoms with Crippen molar-refractivity contribution in [3.05, 3.63) is 0 Å². The zero-order valence-corrected chi connectivity index (χ0v) is 4.81. The molecule has 8 heavy (non-hydrogen) atoms. The molecule has 1 aliphatic rings. The summed E-state index contributed by atoms with van der Waals surface area (Å²) >= 11 is 0. The average Bonchev–Trinajstić information content (AvgIpc) is 2.41. The molecule has 1 saturated heterocycles. The van der Waals surface area contributed by atoms with Crippen LogP contribution in [0.15, 0.2) is 0 Å². The van der Waals surface area contributed by atoms with Gasteiger partial charge in [0.25, 0.3) is 0 Å². The Kier molecular flexibility index (Phi) is 1.48. The number of nitrogens with one attached hydrogen (secondary N) is 1. The molecule has 1 amide bonds. The molecule has 1 heterocycles. The lowest BCUT2D eigenvalue weighted by molar-refractivity contribution is -0.119. The fraction of sp³-hybridized carbons (Fsp3) is 0.800. The number of rotatable bonds is 2. The molecule has 0 aliphatic carbocycles. The van der Waals surface area contributed by atoms with E-state index in [1.807, 2.05) is 0 Å². The van der Waals surface area contributed by atoms with Crippen LogP contribution in [0.25, 0.3) is 0 Å². The van der Waals surface area contributed by atoms with Crippen molar-refractivity contribution in [1.82, 2.24) is 5.32 Å². The highest BCUT2D eigenvalue weighted by atomic mass is 16.6. The molecule has 0 spiro atoms. The molecule has 3 heteroatoms. The van der Waals surface area contributed by atoms with Gasteiger partial charge in [0.1, 0.15) is 0 Å². The van der Waals surface area contributed by atoms with Crippen molar-refractivity contribution in [3.8, 4) is 0 Å². The van der Waals surface area contributed by atoms with Crippen molar-refractivity contribution in [1.29, 1.82) is 0 Å². The lowest BCUT2D eigenvalue weighted by atomic mass is 10.5. The van der Waals surface area contributed by atoms with E-state index in [1.165, 1.54) is 6.92 Å². The average molecular weight is 115 g/mol. The van der Waals surface area contributed by atoms with Crippen LogP contribution in [0.4, 0.5) is 0 Å². The van der Waals surface area contributed by atoms with Crippen LogP contribution in [0.5, 0.6) is 0 Å². The van der Waals surface area contributed by atoms with Gasteiger partial charge >= 0.3 is 0 Å². The SMILES string of the molecule is CC(=O)NC[C@H]1CO1. The minimum atomic E-state index is 0.0144. The van der Waals surface area contributed by atoms with E-state index < -0.39 is 0 Å². The Morgan fingerprint density at radius 1 is 2.00 bits per heavy atom. The highest BCUT2D eigenvalue weighted by Crippen LogP contribution is 2.05. The molecule has 1 atom stereocenters. The fourth-order valence-corrected chi connectivity index (χ4v) is 0.443. The summed E-state index contributed by atoms with van der Waals surface area (Å²) < 4.78 is 4.84. The third kappa shape index (κ3) is 1.93. The van der Waals surface area contributed by atoms with Gasteiger partial charge in [-0.05, 0) is 0 Å². The number of hydrogen-bond acceptors (Lipinski definition) is 2. The van der Waals surface area contributed by atoms with E-state index in [4.69, 9.17) is 4.74 Å². The van der Waals surface area contributed by atoms with Gasteiger partial charge in [-0.2, -0.15) is 0 Å². The highest BCUT2D eigenvalue weighted by Gasteiger charge is 2.21. The van der Waals surface area contributed by atoms with E-state index in [-0.39, 0.29) is 5.91 Å². The summed E-state index contributed by atoms with van der Waals surface area (Å²) in [6, 6.07) is 0. The van der Waals surface area contributed by atoms with Crippen LogP contribution in [-0.4, -0.2) is 25.2 Å². The van der Waals surface area contributed by atoms with Gasteiger partial charge in [-0.3, -0.25) is 4.79 Å². The van der Waals surface area contributed by atoms with Crippen molar-refractivity contribution >= 4 is 5.91 Å². The third-order valence-electron chi connectivity index (χ3n) is 0.981. The second-order valence-corrected chi connectivity index (χ2v) is 1.89. The lowest BCUT2D eigenvalue weighted by Gasteiger charge is -1.93. The second-order valence-electron chi connectivity index (χ2n) is 1.89. The normalized spacial score (nSPS) is 24.9. The Morgan fingerprint density at radius 2 is 2.62 bits per heavy atom. The van der Waals surface area contributed by atoms with Crippen LogP contribution in [-0.2, 0) is 9.53 Å². The van der Waals surface area contributed by atoms with Crippen LogP contribution < -0.4 is 5.32 Å². The van der Waals surface area contributed by atoms with Gasteiger partial charge in [0.2, 0.25) is 5.91 Å². The van der Waals surface area contributed by atoms with Crippen LogP contribution in [0.2, 0.25) is 0 Å². The van der Waals surface area contributed by atoms with Crippen LogP contribution in [0.1, 0.15) is 6.92 Å². The lowest BCUT2D eigenvalue weighted by Crippen LogP contribution is -2.24. The molecule has 1 N–H and O–H groups in total. The molecule has 1 rings (SSSR count). The van der Waals surface area contributed by atoms with Crippen molar-refractivity contribution in [3.63, 3.8) is 0 Å². The van der Waals surface area contributed by atoms with Crippen molar-refractivity contribution < 1.29 is 9.53 Å². The molecule has 3 nitrogen and oxygen atoms in total. The van der Waals surface area contributed by atoms with Gasteiger partial charge in [0.05, 0.1) is 12.7 Å². The maximum atomic E-state index is 10.2. The van der Waals surface area contributed by atoms with Crippen LogP contribution >= 0.6 is 0 Å². The minimum Gasteiger partial charge on any atom is -0.371 e. The molecule has 0 bridgehead atoms. The number of epoxide rings is 1. The van der Waals surface area contributed by atoms with Crippen LogP contribution in [0, 0.1) is 0 Å². The number of ether oxygens (including phenoxy) is 1. The number of hydrogen-bond donors (Lipinski definition) is 1. The smallest absolute Gasteiger partial charge is 0.216 e. The van der Waals surface area contributed by atoms with E-state index in [2.05, 4.69) is 5.32 Å². The molecule has 0 saturated carbocycles. The molecule has 0 unspecified atom stereocenters. The summed E-state index contributed by atoms with van der Waals surface area (Å²) in [5.74, 6) is 0.0144. The molecule has 0 aromatic rings. The number of carbonyl (C=O) groups is 1. The van der Waals surface area contributed by atoms with Crippen molar-refractivity contribution in [2.45, 2.75) is 13.0 Å². The van der Waals surface area contributed by atoms with Gasteiger partial charge in [0, 0.05) is 13.5 Å². The minimum absolute atomic E-state index is 0.0144. The summed E-state index contributed by atoms with van der Waals surface area (Å²) in [5.41, 5.74) is 0. The summed E-state index contributed by atoms with van der Waals surface area (Å²) in [6.07, 6.45) is 0.305. The molecular formula is C5H9NO2. The Bertz CT molecular complexity index is 98.6. The van der Waals surface area contributed by atoms with E-state index >= 15 is 0 Å². The summed E-state index contributed by atoms with van der Waals surface area (Å²) in [6.45, 7) is 2.98. The van der Waals surface area contributed by atoms with E-state index in [0.717, 1.165) is 6.61 Å². The fourth-order valence-electron chi connectivity index (χ4n) is 0.443. The molecule has 0 aromatic heterocycles. The first-order valence-corrected chi connectivity index (χ1v) is 2.65. The first kappa shape index (κ1) is 5.56. The number of amides is 1. The van der Waals surface area contributed by atoms with Crippen LogP contribution in [0.3, 0.4) is 0 Å². The Hall–Kier alpha value is -0.570. The van der Waals surface area contributed by atoms with Gasteiger partial charge in [-0.1, -0.05) is 0 Å². The first-order valence-electron chi connectivity index (χ1n) is 2.65. The maximum Gasteiger partial charge on any atom is 0.216 e. The monoisotopic (exact) mass is 115 g/mol. The first-order chi connectivity index (χ1) is 3.79. The van der Waals surface area contributed by atoms with E-state index in [0.29, 0.717) is 12.6 Å². The largest absolute Gasteiger partial charge is 0.371 e. The Labute approximate surface area is 48.0 Å². The van der Waals surface area contributed by atoms with E-state index in [9.17, 15) is 4.79 Å². The van der Waals surface area contributed by atoms with Gasteiger partial charge in [0.15, 0.2) is 0 Å².